The van der Waals surface area contributed by atoms with E-state index in [1.165, 1.54) is 32.1 Å². The first-order valence-electron chi connectivity index (χ1n) is 6.74. The Labute approximate surface area is 107 Å². The molecule has 4 heteroatoms. The minimum absolute atomic E-state index is 0.103. The van der Waals surface area contributed by atoms with E-state index in [2.05, 4.69) is 11.6 Å². The summed E-state index contributed by atoms with van der Waals surface area (Å²) in [5.41, 5.74) is 6.19. The minimum atomic E-state index is 0.103. The van der Waals surface area contributed by atoms with Gasteiger partial charge in [-0.1, -0.05) is 0 Å². The van der Waals surface area contributed by atoms with Crippen LogP contribution in [0, 0.1) is 17.8 Å². The molecule has 96 valence electrons. The van der Waals surface area contributed by atoms with Crippen molar-refractivity contribution in [3.63, 3.8) is 0 Å². The van der Waals surface area contributed by atoms with Crippen LogP contribution in [0.5, 0.6) is 0 Å². The maximum Gasteiger partial charge on any atom is 0.225 e. The molecule has 0 aromatic heterocycles. The SMILES string of the molecule is CSC1(CNC(=O)C2C3CCC(C3)C2N)CC1. The number of carbonyl (C=O) groups excluding carboxylic acids is 1. The van der Waals surface area contributed by atoms with E-state index in [1.54, 1.807) is 0 Å². The maximum atomic E-state index is 12.2. The van der Waals surface area contributed by atoms with Gasteiger partial charge in [-0.25, -0.2) is 0 Å². The van der Waals surface area contributed by atoms with Crippen LogP contribution in [-0.4, -0.2) is 29.5 Å². The van der Waals surface area contributed by atoms with Gasteiger partial charge in [-0.3, -0.25) is 4.79 Å². The number of thioether (sulfide) groups is 1. The first-order valence-corrected chi connectivity index (χ1v) is 7.96. The topological polar surface area (TPSA) is 55.1 Å². The lowest BCUT2D eigenvalue weighted by molar-refractivity contribution is -0.127. The van der Waals surface area contributed by atoms with Crippen LogP contribution in [0.2, 0.25) is 0 Å². The standard InChI is InChI=1S/C13H22N2OS/c1-17-13(4-5-13)7-15-12(16)10-8-2-3-9(6-8)11(10)14/h8-11H,2-7,14H2,1H3,(H,15,16). The molecule has 3 saturated carbocycles. The van der Waals surface area contributed by atoms with Gasteiger partial charge in [-0.2, -0.15) is 11.8 Å². The summed E-state index contributed by atoms with van der Waals surface area (Å²) >= 11 is 1.89. The molecule has 17 heavy (non-hydrogen) atoms. The van der Waals surface area contributed by atoms with Gasteiger partial charge in [-0.05, 0) is 50.2 Å². The second-order valence-corrected chi connectivity index (χ2v) is 7.32. The third-order valence-corrected chi connectivity index (χ3v) is 6.53. The van der Waals surface area contributed by atoms with Crippen molar-refractivity contribution in [2.75, 3.05) is 12.8 Å². The highest BCUT2D eigenvalue weighted by atomic mass is 32.2. The van der Waals surface area contributed by atoms with Crippen molar-refractivity contribution in [3.05, 3.63) is 0 Å². The van der Waals surface area contributed by atoms with E-state index in [0.717, 1.165) is 6.54 Å². The van der Waals surface area contributed by atoms with Crippen LogP contribution < -0.4 is 11.1 Å². The van der Waals surface area contributed by atoms with Gasteiger partial charge in [0.2, 0.25) is 5.91 Å². The maximum absolute atomic E-state index is 12.2. The van der Waals surface area contributed by atoms with Crippen LogP contribution >= 0.6 is 11.8 Å². The van der Waals surface area contributed by atoms with E-state index in [9.17, 15) is 4.79 Å². The van der Waals surface area contributed by atoms with Gasteiger partial charge in [0.25, 0.3) is 0 Å². The first kappa shape index (κ1) is 11.8. The zero-order chi connectivity index (χ0) is 12.0. The molecule has 3 N–H and O–H groups in total. The molecule has 0 spiro atoms. The summed E-state index contributed by atoms with van der Waals surface area (Å²) in [6.45, 7) is 0.841. The van der Waals surface area contributed by atoms with Crippen molar-refractivity contribution >= 4 is 17.7 Å². The number of nitrogens with two attached hydrogens (primary N) is 1. The molecule has 0 saturated heterocycles. The molecular weight excluding hydrogens is 232 g/mol. The normalized spacial score (nSPS) is 41.5. The molecule has 0 aromatic rings. The smallest absolute Gasteiger partial charge is 0.225 e. The summed E-state index contributed by atoms with van der Waals surface area (Å²) in [5.74, 6) is 1.52. The second kappa shape index (κ2) is 4.16. The van der Waals surface area contributed by atoms with Crippen molar-refractivity contribution in [3.8, 4) is 0 Å². The molecule has 3 nitrogen and oxygen atoms in total. The molecule has 3 rings (SSSR count). The lowest BCUT2D eigenvalue weighted by Crippen LogP contribution is -2.46. The summed E-state index contributed by atoms with van der Waals surface area (Å²) in [7, 11) is 0. The van der Waals surface area contributed by atoms with Gasteiger partial charge in [0.05, 0.1) is 5.92 Å². The molecule has 0 aliphatic heterocycles. The van der Waals surface area contributed by atoms with E-state index in [0.29, 0.717) is 16.6 Å². The fraction of sp³-hybridized carbons (Fsp3) is 0.923. The summed E-state index contributed by atoms with van der Waals surface area (Å²) in [6, 6.07) is 0.123. The van der Waals surface area contributed by atoms with E-state index in [4.69, 9.17) is 5.73 Å². The quantitative estimate of drug-likeness (QED) is 0.797. The van der Waals surface area contributed by atoms with E-state index >= 15 is 0 Å². The summed E-state index contributed by atoms with van der Waals surface area (Å²) in [5, 5.41) is 3.15. The van der Waals surface area contributed by atoms with Gasteiger partial charge in [0.1, 0.15) is 0 Å². The Hall–Kier alpha value is -0.220. The molecular formula is C13H22N2OS. The molecule has 0 heterocycles. The van der Waals surface area contributed by atoms with Crippen LogP contribution in [-0.2, 0) is 4.79 Å². The summed E-state index contributed by atoms with van der Waals surface area (Å²) in [4.78, 5) is 12.2. The highest BCUT2D eigenvalue weighted by Gasteiger charge is 2.50. The highest BCUT2D eigenvalue weighted by molar-refractivity contribution is 8.00. The highest BCUT2D eigenvalue weighted by Crippen LogP contribution is 2.49. The molecule has 4 atom stereocenters. The molecule has 3 aliphatic rings. The van der Waals surface area contributed by atoms with Crippen LogP contribution in [0.25, 0.3) is 0 Å². The number of rotatable bonds is 4. The minimum Gasteiger partial charge on any atom is -0.354 e. The Morgan fingerprint density at radius 1 is 1.41 bits per heavy atom. The Kier molecular flexibility index (Phi) is 2.90. The van der Waals surface area contributed by atoms with Gasteiger partial charge in [-0.15, -0.1) is 0 Å². The third kappa shape index (κ3) is 1.99. The number of fused-ring (bicyclic) bond motifs is 2. The average Bonchev–Trinajstić information content (AvgIpc) is 2.85. The Morgan fingerprint density at radius 2 is 2.12 bits per heavy atom. The predicted molar refractivity (Wildman–Crippen MR) is 70.8 cm³/mol. The number of nitrogens with one attached hydrogen (secondary N) is 1. The van der Waals surface area contributed by atoms with Crippen LogP contribution in [0.15, 0.2) is 0 Å². The molecule has 3 fully saturated rings. The van der Waals surface area contributed by atoms with Crippen molar-refractivity contribution in [1.82, 2.24) is 5.32 Å². The molecule has 1 amide bonds. The van der Waals surface area contributed by atoms with Crippen LogP contribution in [0.4, 0.5) is 0 Å². The first-order chi connectivity index (χ1) is 8.15. The van der Waals surface area contributed by atoms with Crippen molar-refractivity contribution in [2.45, 2.75) is 42.9 Å². The third-order valence-electron chi connectivity index (χ3n) is 5.11. The summed E-state index contributed by atoms with van der Waals surface area (Å²) < 4.78 is 0.359. The van der Waals surface area contributed by atoms with Gasteiger partial charge >= 0.3 is 0 Å². The van der Waals surface area contributed by atoms with E-state index in [1.807, 2.05) is 11.8 Å². The number of carbonyl (C=O) groups is 1. The van der Waals surface area contributed by atoms with Gasteiger partial charge < -0.3 is 11.1 Å². The van der Waals surface area contributed by atoms with Crippen LogP contribution in [0.1, 0.15) is 32.1 Å². The zero-order valence-corrected chi connectivity index (χ0v) is 11.3. The van der Waals surface area contributed by atoms with E-state index < -0.39 is 0 Å². The lowest BCUT2D eigenvalue weighted by Gasteiger charge is -2.27. The van der Waals surface area contributed by atoms with Crippen molar-refractivity contribution < 1.29 is 4.79 Å². The van der Waals surface area contributed by atoms with E-state index in [-0.39, 0.29) is 17.9 Å². The largest absolute Gasteiger partial charge is 0.354 e. The molecule has 2 bridgehead atoms. The van der Waals surface area contributed by atoms with Crippen LogP contribution in [0.3, 0.4) is 0 Å². The number of amides is 1. The monoisotopic (exact) mass is 254 g/mol. The second-order valence-electron chi connectivity index (χ2n) is 6.04. The number of hydrogen-bond donors (Lipinski definition) is 2. The Balaban J connectivity index is 1.56. The van der Waals surface area contributed by atoms with Crippen molar-refractivity contribution in [1.29, 1.82) is 0 Å². The average molecular weight is 254 g/mol. The van der Waals surface area contributed by atoms with Gasteiger partial charge in [0, 0.05) is 17.3 Å². The Morgan fingerprint density at radius 3 is 2.65 bits per heavy atom. The van der Waals surface area contributed by atoms with Gasteiger partial charge in [0.15, 0.2) is 0 Å². The fourth-order valence-electron chi connectivity index (χ4n) is 3.68. The number of hydrogen-bond acceptors (Lipinski definition) is 3. The molecule has 0 radical (unpaired) electrons. The lowest BCUT2D eigenvalue weighted by atomic mass is 9.84. The van der Waals surface area contributed by atoms with Crippen molar-refractivity contribution in [2.24, 2.45) is 23.5 Å². The Bertz CT molecular complexity index is 327. The summed E-state index contributed by atoms with van der Waals surface area (Å²) in [6.07, 6.45) is 8.28. The fourth-order valence-corrected chi connectivity index (χ4v) is 4.41. The zero-order valence-electron chi connectivity index (χ0n) is 10.4. The predicted octanol–water partition coefficient (Wildman–Crippen LogP) is 1.37. The molecule has 3 aliphatic carbocycles. The molecule has 0 aromatic carbocycles. The molecule has 4 unspecified atom stereocenters.